The van der Waals surface area contributed by atoms with Crippen molar-refractivity contribution in [2.45, 2.75) is 18.8 Å². The van der Waals surface area contributed by atoms with E-state index in [1.807, 2.05) is 18.2 Å². The monoisotopic (exact) mass is 433 g/mol. The molecule has 1 aliphatic carbocycles. The average molecular weight is 434 g/mol. The smallest absolute Gasteiger partial charge is 0.373 e. The van der Waals surface area contributed by atoms with Crippen LogP contribution in [0, 0.1) is 3.57 Å². The van der Waals surface area contributed by atoms with Gasteiger partial charge in [-0.2, -0.15) is 0 Å². The summed E-state index contributed by atoms with van der Waals surface area (Å²) in [6.07, 6.45) is 1.97. The Labute approximate surface area is 131 Å². The Hall–Kier alpha value is -0.890. The van der Waals surface area contributed by atoms with Gasteiger partial charge in [0.2, 0.25) is 11.7 Å². The van der Waals surface area contributed by atoms with Gasteiger partial charge in [0.15, 0.2) is 0 Å². The van der Waals surface area contributed by atoms with Gasteiger partial charge in [0, 0.05) is 14.0 Å². The Morgan fingerprint density at radius 1 is 1.47 bits per heavy atom. The van der Waals surface area contributed by atoms with Crippen molar-refractivity contribution in [2.75, 3.05) is 0 Å². The minimum atomic E-state index is -1.05. The number of benzene rings is 1. The summed E-state index contributed by atoms with van der Waals surface area (Å²) < 4.78 is 7.34. The second-order valence-corrected chi connectivity index (χ2v) is 6.54. The fourth-order valence-corrected chi connectivity index (χ4v) is 2.80. The minimum Gasteiger partial charge on any atom is -0.475 e. The van der Waals surface area contributed by atoms with Crippen LogP contribution < -0.4 is 0 Å². The highest BCUT2D eigenvalue weighted by Gasteiger charge is 2.33. The van der Waals surface area contributed by atoms with E-state index in [4.69, 9.17) is 4.42 Å². The largest absolute Gasteiger partial charge is 0.475 e. The van der Waals surface area contributed by atoms with Crippen LogP contribution in [0.4, 0.5) is 0 Å². The molecular formula is C13H9BrINO3. The molecule has 98 valence electrons. The van der Waals surface area contributed by atoms with Gasteiger partial charge in [0.25, 0.3) is 0 Å². The number of aromatic nitrogens is 1. The Morgan fingerprint density at radius 2 is 2.21 bits per heavy atom. The molecule has 1 saturated carbocycles. The highest BCUT2D eigenvalue weighted by molar-refractivity contribution is 14.1. The van der Waals surface area contributed by atoms with Crippen molar-refractivity contribution in [1.82, 2.24) is 4.98 Å². The van der Waals surface area contributed by atoms with Crippen molar-refractivity contribution < 1.29 is 14.3 Å². The van der Waals surface area contributed by atoms with Gasteiger partial charge in [0.1, 0.15) is 0 Å². The summed E-state index contributed by atoms with van der Waals surface area (Å²) in [4.78, 5) is 15.6. The Bertz CT molecular complexity index is 664. The van der Waals surface area contributed by atoms with Crippen LogP contribution in [0.25, 0.3) is 11.5 Å². The van der Waals surface area contributed by atoms with E-state index in [1.54, 1.807) is 0 Å². The number of carboxylic acids is 1. The lowest BCUT2D eigenvalue weighted by Gasteiger charge is -2.00. The van der Waals surface area contributed by atoms with Crippen molar-refractivity contribution in [3.8, 4) is 11.5 Å². The predicted molar refractivity (Wildman–Crippen MR) is 81.3 cm³/mol. The molecule has 2 aromatic rings. The average Bonchev–Trinajstić information content (AvgIpc) is 3.11. The molecule has 0 spiro atoms. The summed E-state index contributed by atoms with van der Waals surface area (Å²) in [5.74, 6) is -0.472. The topological polar surface area (TPSA) is 63.3 Å². The van der Waals surface area contributed by atoms with E-state index in [1.165, 1.54) is 0 Å². The van der Waals surface area contributed by atoms with E-state index in [9.17, 15) is 9.90 Å². The van der Waals surface area contributed by atoms with Gasteiger partial charge in [0.05, 0.1) is 11.3 Å². The van der Waals surface area contributed by atoms with E-state index in [0.29, 0.717) is 11.6 Å². The molecule has 1 aromatic carbocycles. The van der Waals surface area contributed by atoms with E-state index < -0.39 is 5.97 Å². The molecule has 1 heterocycles. The number of nitrogens with zero attached hydrogens (tertiary/aromatic N) is 1. The van der Waals surface area contributed by atoms with Gasteiger partial charge in [-0.3, -0.25) is 0 Å². The molecule has 0 atom stereocenters. The quantitative estimate of drug-likeness (QED) is 0.733. The predicted octanol–water partition coefficient (Wildman–Crippen LogP) is 4.28. The molecule has 1 aromatic heterocycles. The third-order valence-electron chi connectivity index (χ3n) is 2.97. The van der Waals surface area contributed by atoms with E-state index in [0.717, 1.165) is 26.4 Å². The molecule has 6 heteroatoms. The molecule has 4 nitrogen and oxygen atoms in total. The van der Waals surface area contributed by atoms with Gasteiger partial charge >= 0.3 is 5.97 Å². The van der Waals surface area contributed by atoms with E-state index >= 15 is 0 Å². The van der Waals surface area contributed by atoms with Crippen LogP contribution in [0.2, 0.25) is 0 Å². The first-order valence-electron chi connectivity index (χ1n) is 5.75. The summed E-state index contributed by atoms with van der Waals surface area (Å²) in [6, 6.07) is 5.77. The van der Waals surface area contributed by atoms with Crippen LogP contribution in [-0.4, -0.2) is 16.1 Å². The van der Waals surface area contributed by atoms with Crippen LogP contribution in [0.1, 0.15) is 35.0 Å². The second-order valence-electron chi connectivity index (χ2n) is 4.44. The van der Waals surface area contributed by atoms with Gasteiger partial charge in [-0.15, -0.1) is 0 Å². The number of oxazole rings is 1. The molecule has 1 N–H and O–H groups in total. The van der Waals surface area contributed by atoms with Gasteiger partial charge in [-0.25, -0.2) is 9.78 Å². The van der Waals surface area contributed by atoms with Crippen LogP contribution in [0.3, 0.4) is 0 Å². The Morgan fingerprint density at radius 3 is 2.84 bits per heavy atom. The normalized spacial score (nSPS) is 14.6. The van der Waals surface area contributed by atoms with Crippen molar-refractivity contribution in [3.63, 3.8) is 0 Å². The summed E-state index contributed by atoms with van der Waals surface area (Å²) in [7, 11) is 0. The molecule has 0 bridgehead atoms. The first-order valence-corrected chi connectivity index (χ1v) is 7.63. The van der Waals surface area contributed by atoms with Crippen molar-refractivity contribution >= 4 is 44.5 Å². The molecule has 0 amide bonds. The van der Waals surface area contributed by atoms with Crippen LogP contribution in [0.5, 0.6) is 0 Å². The zero-order valence-electron chi connectivity index (χ0n) is 9.69. The van der Waals surface area contributed by atoms with Crippen molar-refractivity contribution in [1.29, 1.82) is 0 Å². The van der Waals surface area contributed by atoms with Crippen molar-refractivity contribution in [3.05, 3.63) is 37.7 Å². The first kappa shape index (κ1) is 13.1. The lowest BCUT2D eigenvalue weighted by Crippen LogP contribution is -1.98. The summed E-state index contributed by atoms with van der Waals surface area (Å²) in [5, 5.41) is 9.18. The molecule has 0 radical (unpaired) electrons. The molecular weight excluding hydrogens is 425 g/mol. The zero-order valence-corrected chi connectivity index (χ0v) is 13.4. The third-order valence-corrected chi connectivity index (χ3v) is 4.33. The zero-order chi connectivity index (χ0) is 13.6. The third kappa shape index (κ3) is 2.55. The molecule has 1 fully saturated rings. The molecule has 0 unspecified atom stereocenters. The van der Waals surface area contributed by atoms with Gasteiger partial charge in [-0.05, 0) is 69.6 Å². The standard InChI is InChI=1S/C13H9BrINO3/c14-9-4-3-7(15)5-8(9)12-16-10(6-1-2-6)11(19-12)13(17)18/h3-6H,1-2H2,(H,17,18). The number of rotatable bonds is 3. The minimum absolute atomic E-state index is 0.0248. The number of hydrogen-bond donors (Lipinski definition) is 1. The maximum absolute atomic E-state index is 11.2. The van der Waals surface area contributed by atoms with Crippen LogP contribution >= 0.6 is 38.5 Å². The molecule has 0 saturated heterocycles. The number of carboxylic acid groups (broad SMARTS) is 1. The first-order chi connectivity index (χ1) is 9.06. The molecule has 19 heavy (non-hydrogen) atoms. The van der Waals surface area contributed by atoms with E-state index in [2.05, 4.69) is 43.5 Å². The maximum atomic E-state index is 11.2. The molecule has 0 aliphatic heterocycles. The fourth-order valence-electron chi connectivity index (χ4n) is 1.90. The lowest BCUT2D eigenvalue weighted by atomic mass is 10.2. The van der Waals surface area contributed by atoms with Crippen molar-refractivity contribution in [2.24, 2.45) is 0 Å². The summed E-state index contributed by atoms with van der Waals surface area (Å²) in [5.41, 5.74) is 1.36. The van der Waals surface area contributed by atoms with E-state index in [-0.39, 0.29) is 11.7 Å². The summed E-state index contributed by atoms with van der Waals surface area (Å²) >= 11 is 5.64. The highest BCUT2D eigenvalue weighted by atomic mass is 127. The Kier molecular flexibility index (Phi) is 3.38. The number of hydrogen-bond acceptors (Lipinski definition) is 3. The SMILES string of the molecule is O=C(O)c1oc(-c2cc(I)ccc2Br)nc1C1CC1. The van der Waals surface area contributed by atoms with Gasteiger partial charge < -0.3 is 9.52 Å². The number of aromatic carboxylic acids is 1. The van der Waals surface area contributed by atoms with Crippen LogP contribution in [-0.2, 0) is 0 Å². The lowest BCUT2D eigenvalue weighted by molar-refractivity contribution is 0.0661. The second kappa shape index (κ2) is 4.90. The number of halogens is 2. The highest BCUT2D eigenvalue weighted by Crippen LogP contribution is 2.43. The maximum Gasteiger partial charge on any atom is 0.373 e. The summed E-state index contributed by atoms with van der Waals surface area (Å²) in [6.45, 7) is 0. The molecule has 1 aliphatic rings. The molecule has 3 rings (SSSR count). The van der Waals surface area contributed by atoms with Gasteiger partial charge in [-0.1, -0.05) is 0 Å². The number of carbonyl (C=O) groups is 1. The van der Waals surface area contributed by atoms with Crippen LogP contribution in [0.15, 0.2) is 27.1 Å². The Balaban J connectivity index is 2.12. The fraction of sp³-hybridized carbons (Fsp3) is 0.231.